The first-order valence-electron chi connectivity index (χ1n) is 18.8. The molecule has 258 valence electrons. The Morgan fingerprint density at radius 1 is 0.556 bits per heavy atom. The van der Waals surface area contributed by atoms with Crippen molar-refractivity contribution in [1.29, 1.82) is 0 Å². The molecule has 9 aromatic rings. The number of benzene rings is 7. The van der Waals surface area contributed by atoms with E-state index in [-0.39, 0.29) is 18.4 Å². The number of aliphatic imine (C=N–C) groups is 1. The van der Waals surface area contributed by atoms with Crippen LogP contribution in [0.1, 0.15) is 46.3 Å². The van der Waals surface area contributed by atoms with E-state index in [2.05, 4.69) is 196 Å². The summed E-state index contributed by atoms with van der Waals surface area (Å²) >= 11 is 0. The molecular weight excluding hydrogens is 659 g/mol. The van der Waals surface area contributed by atoms with E-state index in [4.69, 9.17) is 4.99 Å². The van der Waals surface area contributed by atoms with Gasteiger partial charge in [-0.2, -0.15) is 0 Å². The average molecular weight is 696 g/mol. The van der Waals surface area contributed by atoms with Gasteiger partial charge in [0.2, 0.25) is 0 Å². The van der Waals surface area contributed by atoms with Crippen LogP contribution in [0, 0.1) is 0 Å². The molecular formula is C49H37N5. The van der Waals surface area contributed by atoms with Crippen molar-refractivity contribution in [2.75, 3.05) is 0 Å². The molecule has 0 saturated carbocycles. The summed E-state index contributed by atoms with van der Waals surface area (Å²) in [5.74, 6) is 0.887. The third-order valence-electron chi connectivity index (χ3n) is 11.3. The van der Waals surface area contributed by atoms with Gasteiger partial charge in [-0.15, -0.1) is 0 Å². The van der Waals surface area contributed by atoms with Gasteiger partial charge in [-0.3, -0.25) is 5.32 Å². The average Bonchev–Trinajstić information content (AvgIpc) is 3.75. The van der Waals surface area contributed by atoms with Gasteiger partial charge < -0.3 is 14.5 Å². The van der Waals surface area contributed by atoms with Crippen LogP contribution >= 0.6 is 0 Å². The van der Waals surface area contributed by atoms with E-state index in [1.165, 1.54) is 54.7 Å². The molecule has 0 bridgehead atoms. The fraction of sp³-hybridized carbons (Fsp3) is 0.0816. The van der Waals surface area contributed by atoms with Crippen LogP contribution in [-0.2, 0) is 6.42 Å². The van der Waals surface area contributed by atoms with Gasteiger partial charge >= 0.3 is 0 Å². The van der Waals surface area contributed by atoms with Gasteiger partial charge in [-0.1, -0.05) is 146 Å². The number of aromatic nitrogens is 2. The molecule has 11 rings (SSSR count). The predicted octanol–water partition coefficient (Wildman–Crippen LogP) is 11.0. The van der Waals surface area contributed by atoms with E-state index in [1.54, 1.807) is 0 Å². The number of para-hydroxylation sites is 2. The van der Waals surface area contributed by atoms with Gasteiger partial charge in [0.25, 0.3) is 0 Å². The molecule has 0 amide bonds. The Labute approximate surface area is 313 Å². The number of nitrogens with zero attached hydrogens (tertiary/aromatic N) is 3. The number of hydrogen-bond acceptors (Lipinski definition) is 3. The van der Waals surface area contributed by atoms with Crippen LogP contribution in [0.4, 0.5) is 0 Å². The molecule has 2 N–H and O–H groups in total. The molecule has 2 aromatic heterocycles. The normalized spacial score (nSPS) is 18.2. The maximum absolute atomic E-state index is 5.11. The molecule has 3 atom stereocenters. The van der Waals surface area contributed by atoms with Crippen LogP contribution in [-0.4, -0.2) is 15.0 Å². The summed E-state index contributed by atoms with van der Waals surface area (Å²) in [6.45, 7) is 0. The first kappa shape index (κ1) is 30.9. The third kappa shape index (κ3) is 5.01. The summed E-state index contributed by atoms with van der Waals surface area (Å²) in [6.07, 6.45) is 5.37. The maximum Gasteiger partial charge on any atom is 0.131 e. The van der Waals surface area contributed by atoms with Gasteiger partial charge in [-0.25, -0.2) is 4.99 Å². The van der Waals surface area contributed by atoms with Crippen LogP contribution in [0.3, 0.4) is 0 Å². The lowest BCUT2D eigenvalue weighted by Gasteiger charge is -2.32. The zero-order valence-electron chi connectivity index (χ0n) is 29.6. The molecule has 0 spiro atoms. The molecule has 5 nitrogen and oxygen atoms in total. The lowest BCUT2D eigenvalue weighted by Crippen LogP contribution is -2.44. The molecule has 0 fully saturated rings. The van der Waals surface area contributed by atoms with Gasteiger partial charge in [0.15, 0.2) is 0 Å². The minimum Gasteiger partial charge on any atom is -0.350 e. The minimum atomic E-state index is -0.175. The van der Waals surface area contributed by atoms with Crippen molar-refractivity contribution >= 4 is 55.4 Å². The summed E-state index contributed by atoms with van der Waals surface area (Å²) in [5, 5.41) is 13.9. The zero-order valence-corrected chi connectivity index (χ0v) is 29.6. The van der Waals surface area contributed by atoms with Gasteiger partial charge in [-0.05, 0) is 58.3 Å². The maximum atomic E-state index is 5.11. The monoisotopic (exact) mass is 695 g/mol. The summed E-state index contributed by atoms with van der Waals surface area (Å²) in [5.41, 5.74) is 10.9. The van der Waals surface area contributed by atoms with Gasteiger partial charge in [0.1, 0.15) is 18.2 Å². The quantitative estimate of drug-likeness (QED) is 0.188. The summed E-state index contributed by atoms with van der Waals surface area (Å²) in [7, 11) is 0. The number of nitrogens with one attached hydrogen (secondary N) is 2. The van der Waals surface area contributed by atoms with Crippen LogP contribution < -0.4 is 10.6 Å². The number of amidine groups is 1. The second-order valence-electron chi connectivity index (χ2n) is 14.4. The fourth-order valence-corrected chi connectivity index (χ4v) is 8.79. The molecule has 0 saturated heterocycles. The van der Waals surface area contributed by atoms with Crippen molar-refractivity contribution in [2.45, 2.75) is 24.8 Å². The van der Waals surface area contributed by atoms with Crippen LogP contribution in [0.2, 0.25) is 0 Å². The molecule has 0 radical (unpaired) electrons. The molecule has 1 aliphatic heterocycles. The van der Waals surface area contributed by atoms with Crippen molar-refractivity contribution in [1.82, 2.24) is 19.8 Å². The van der Waals surface area contributed by atoms with E-state index in [0.29, 0.717) is 0 Å². The van der Waals surface area contributed by atoms with Crippen molar-refractivity contribution < 1.29 is 0 Å². The Bertz CT molecular complexity index is 2860. The number of fused-ring (bicyclic) bond motifs is 7. The highest BCUT2D eigenvalue weighted by Gasteiger charge is 2.28. The van der Waals surface area contributed by atoms with Crippen molar-refractivity contribution in [3.63, 3.8) is 0 Å². The third-order valence-corrected chi connectivity index (χ3v) is 11.3. The molecule has 1 aliphatic carbocycles. The zero-order chi connectivity index (χ0) is 35.6. The Kier molecular flexibility index (Phi) is 7.13. The first-order chi connectivity index (χ1) is 26.8. The highest BCUT2D eigenvalue weighted by atomic mass is 15.3. The number of rotatable bonds is 5. The predicted molar refractivity (Wildman–Crippen MR) is 223 cm³/mol. The van der Waals surface area contributed by atoms with E-state index in [1.807, 2.05) is 6.07 Å². The highest BCUT2D eigenvalue weighted by Crippen LogP contribution is 2.41. The summed E-state index contributed by atoms with van der Waals surface area (Å²) < 4.78 is 5.05. The summed E-state index contributed by atoms with van der Waals surface area (Å²) in [4.78, 5) is 5.11. The second kappa shape index (κ2) is 12.5. The highest BCUT2D eigenvalue weighted by molar-refractivity contribution is 6.08. The molecule has 2 aliphatic rings. The van der Waals surface area contributed by atoms with E-state index >= 15 is 0 Å². The van der Waals surface area contributed by atoms with Gasteiger partial charge in [0, 0.05) is 56.1 Å². The molecule has 54 heavy (non-hydrogen) atoms. The van der Waals surface area contributed by atoms with E-state index in [9.17, 15) is 0 Å². The Morgan fingerprint density at radius 3 is 1.91 bits per heavy atom. The van der Waals surface area contributed by atoms with Crippen LogP contribution in [0.15, 0.2) is 181 Å². The largest absolute Gasteiger partial charge is 0.350 e. The molecule has 3 heterocycles. The number of allylic oxidation sites excluding steroid dienone is 1. The van der Waals surface area contributed by atoms with Crippen LogP contribution in [0.5, 0.6) is 0 Å². The van der Waals surface area contributed by atoms with Crippen LogP contribution in [0.25, 0.3) is 55.2 Å². The van der Waals surface area contributed by atoms with E-state index in [0.717, 1.165) is 34.6 Å². The lowest BCUT2D eigenvalue weighted by molar-refractivity contribution is 0.409. The lowest BCUT2D eigenvalue weighted by atomic mass is 9.97. The van der Waals surface area contributed by atoms with Crippen molar-refractivity contribution in [3.8, 4) is 5.69 Å². The minimum absolute atomic E-state index is 0.126. The Balaban J connectivity index is 1.02. The topological polar surface area (TPSA) is 46.3 Å². The smallest absolute Gasteiger partial charge is 0.131 e. The molecule has 7 aromatic carbocycles. The number of hydrogen-bond donors (Lipinski definition) is 2. The Hall–Kier alpha value is -6.69. The first-order valence-corrected chi connectivity index (χ1v) is 18.8. The van der Waals surface area contributed by atoms with Crippen molar-refractivity contribution in [2.24, 2.45) is 4.99 Å². The van der Waals surface area contributed by atoms with Crippen molar-refractivity contribution in [3.05, 3.63) is 204 Å². The standard InChI is InChI=1S/C49H37N5/c1-3-13-32(14-4-1)47-50-48(33-15-5-2-6-16-33)52-49(51-47)34-23-25-37(26-24-34)53-45-30-36-18-8-7-17-35(36)29-42(45)41-28-27-38(31-46(41)53)54-43-21-11-9-19-39(43)40-20-10-12-22-44(40)54/h1-30,38,47,49,51H,31H2,(H,50,52). The van der Waals surface area contributed by atoms with Gasteiger partial charge in [0.05, 0.1) is 11.6 Å². The Morgan fingerprint density at radius 2 is 1.19 bits per heavy atom. The summed E-state index contributed by atoms with van der Waals surface area (Å²) in [6, 6.07) is 61.3. The SMILES string of the molecule is C1=CC(n2c3ccccc3c3ccccc32)Cc2c1c1cc3ccccc3cc1n2-c1ccc(C2NC(c3ccccc3)=NC(c3ccccc3)N2)cc1. The van der Waals surface area contributed by atoms with E-state index < -0.39 is 0 Å². The molecule has 5 heteroatoms. The second-order valence-corrected chi connectivity index (χ2v) is 14.4. The molecule has 3 unspecified atom stereocenters. The fourth-order valence-electron chi connectivity index (χ4n) is 8.79.